The van der Waals surface area contributed by atoms with Gasteiger partial charge in [-0.1, -0.05) is 67.7 Å². The Hall–Kier alpha value is -4.08. The molecule has 1 saturated heterocycles. The van der Waals surface area contributed by atoms with Crippen LogP contribution in [0.5, 0.6) is 0 Å². The van der Waals surface area contributed by atoms with E-state index in [0.717, 1.165) is 22.8 Å². The molecule has 2 aromatic carbocycles. The predicted molar refractivity (Wildman–Crippen MR) is 168 cm³/mol. The van der Waals surface area contributed by atoms with E-state index < -0.39 is 6.03 Å². The van der Waals surface area contributed by atoms with Gasteiger partial charge >= 0.3 is 6.03 Å². The summed E-state index contributed by atoms with van der Waals surface area (Å²) in [5, 5.41) is 11.2. The van der Waals surface area contributed by atoms with Crippen LogP contribution in [0.4, 0.5) is 22.1 Å². The Bertz CT molecular complexity index is 1570. The van der Waals surface area contributed by atoms with Crippen molar-refractivity contribution < 1.29 is 9.59 Å². The number of pyridine rings is 1. The van der Waals surface area contributed by atoms with Crippen LogP contribution in [0.15, 0.2) is 66.9 Å². The van der Waals surface area contributed by atoms with Gasteiger partial charge in [-0.15, -0.1) is 0 Å². The lowest BCUT2D eigenvalue weighted by Gasteiger charge is -2.35. The molecule has 1 aliphatic heterocycles. The highest BCUT2D eigenvalue weighted by Gasteiger charge is 2.26. The van der Waals surface area contributed by atoms with Crippen molar-refractivity contribution in [3.05, 3.63) is 93.7 Å². The average molecular weight is 607 g/mol. The number of amides is 3. The van der Waals surface area contributed by atoms with Gasteiger partial charge in [0.2, 0.25) is 0 Å². The summed E-state index contributed by atoms with van der Waals surface area (Å²) in [6, 6.07) is 18.2. The third-order valence-corrected chi connectivity index (χ3v) is 7.70. The molecular formula is C31H33Cl2N7O2. The second kappa shape index (κ2) is 12.0. The van der Waals surface area contributed by atoms with Crippen LogP contribution in [-0.4, -0.2) is 57.8 Å². The number of hydrogen-bond donors (Lipinski definition) is 2. The Morgan fingerprint density at radius 1 is 0.881 bits per heavy atom. The van der Waals surface area contributed by atoms with Crippen molar-refractivity contribution in [3.8, 4) is 5.69 Å². The maximum atomic E-state index is 13.0. The molecule has 4 aromatic rings. The SMILES string of the molecule is Cc1ccc(-n2nc(C(C)(C)C)cc2NC(=O)Nc2ccc(N3CCN(C(=O)c4c(Cl)cccc4Cl)CC3)nc2)cc1. The quantitative estimate of drug-likeness (QED) is 0.261. The van der Waals surface area contributed by atoms with Crippen LogP contribution in [0, 0.1) is 6.92 Å². The van der Waals surface area contributed by atoms with Crippen molar-refractivity contribution in [2.45, 2.75) is 33.1 Å². The lowest BCUT2D eigenvalue weighted by Crippen LogP contribution is -2.49. The number of carbonyl (C=O) groups is 2. The summed E-state index contributed by atoms with van der Waals surface area (Å²) in [5.41, 5.74) is 3.55. The molecule has 2 aromatic heterocycles. The highest BCUT2D eigenvalue weighted by Crippen LogP contribution is 2.28. The van der Waals surface area contributed by atoms with E-state index in [1.54, 1.807) is 40.0 Å². The molecule has 3 heterocycles. The lowest BCUT2D eigenvalue weighted by atomic mass is 9.92. The fourth-order valence-corrected chi connectivity index (χ4v) is 5.20. The zero-order chi connectivity index (χ0) is 30.0. The molecule has 0 aliphatic carbocycles. The Morgan fingerprint density at radius 2 is 1.55 bits per heavy atom. The maximum absolute atomic E-state index is 13.0. The summed E-state index contributed by atoms with van der Waals surface area (Å²) in [7, 11) is 0. The number of anilines is 3. The fourth-order valence-electron chi connectivity index (χ4n) is 4.64. The van der Waals surface area contributed by atoms with E-state index in [9.17, 15) is 9.59 Å². The van der Waals surface area contributed by atoms with Crippen LogP contribution in [0.2, 0.25) is 10.0 Å². The number of nitrogens with zero attached hydrogens (tertiary/aromatic N) is 5. The zero-order valence-electron chi connectivity index (χ0n) is 24.0. The largest absolute Gasteiger partial charge is 0.353 e. The molecule has 42 heavy (non-hydrogen) atoms. The van der Waals surface area contributed by atoms with Gasteiger partial charge in [-0.3, -0.25) is 10.1 Å². The molecule has 2 N–H and O–H groups in total. The van der Waals surface area contributed by atoms with Crippen molar-refractivity contribution >= 4 is 52.5 Å². The minimum Gasteiger partial charge on any atom is -0.353 e. The Morgan fingerprint density at radius 3 is 2.14 bits per heavy atom. The number of urea groups is 1. The van der Waals surface area contributed by atoms with Gasteiger partial charge in [0.25, 0.3) is 5.91 Å². The Kier molecular flexibility index (Phi) is 8.43. The van der Waals surface area contributed by atoms with Gasteiger partial charge in [-0.25, -0.2) is 14.5 Å². The number of aromatic nitrogens is 3. The van der Waals surface area contributed by atoms with Gasteiger partial charge in [0.1, 0.15) is 11.6 Å². The van der Waals surface area contributed by atoms with Crippen molar-refractivity contribution in [1.82, 2.24) is 19.7 Å². The molecule has 218 valence electrons. The van der Waals surface area contributed by atoms with Crippen LogP contribution in [0.1, 0.15) is 42.4 Å². The molecule has 11 heteroatoms. The Balaban J connectivity index is 1.21. The average Bonchev–Trinajstić information content (AvgIpc) is 3.38. The van der Waals surface area contributed by atoms with E-state index in [0.29, 0.717) is 53.3 Å². The van der Waals surface area contributed by atoms with Gasteiger partial charge in [-0.2, -0.15) is 5.10 Å². The number of halogens is 2. The van der Waals surface area contributed by atoms with Gasteiger partial charge < -0.3 is 15.1 Å². The van der Waals surface area contributed by atoms with E-state index >= 15 is 0 Å². The number of benzene rings is 2. The first kappa shape index (κ1) is 29.4. The van der Waals surface area contributed by atoms with Gasteiger partial charge in [-0.05, 0) is 43.3 Å². The molecule has 5 rings (SSSR count). The first-order valence-corrected chi connectivity index (χ1v) is 14.4. The van der Waals surface area contributed by atoms with Gasteiger partial charge in [0, 0.05) is 37.7 Å². The smallest absolute Gasteiger partial charge is 0.324 e. The van der Waals surface area contributed by atoms with Crippen molar-refractivity contribution in [2.24, 2.45) is 0 Å². The first-order chi connectivity index (χ1) is 20.0. The summed E-state index contributed by atoms with van der Waals surface area (Å²) in [4.78, 5) is 34.4. The van der Waals surface area contributed by atoms with Crippen LogP contribution in [-0.2, 0) is 5.41 Å². The topological polar surface area (TPSA) is 95.4 Å². The van der Waals surface area contributed by atoms with Crippen molar-refractivity contribution in [1.29, 1.82) is 0 Å². The molecule has 3 amide bonds. The number of carbonyl (C=O) groups excluding carboxylic acids is 2. The van der Waals surface area contributed by atoms with E-state index in [1.807, 2.05) is 43.3 Å². The molecule has 0 atom stereocenters. The summed E-state index contributed by atoms with van der Waals surface area (Å²) >= 11 is 12.5. The van der Waals surface area contributed by atoms with Crippen molar-refractivity contribution in [3.63, 3.8) is 0 Å². The molecule has 1 aliphatic rings. The third kappa shape index (κ3) is 6.53. The molecule has 9 nitrogen and oxygen atoms in total. The highest BCUT2D eigenvalue weighted by atomic mass is 35.5. The summed E-state index contributed by atoms with van der Waals surface area (Å²) in [6.45, 7) is 10.5. The van der Waals surface area contributed by atoms with Gasteiger partial charge in [0.05, 0.1) is 38.9 Å². The minimum absolute atomic E-state index is 0.179. The summed E-state index contributed by atoms with van der Waals surface area (Å²) in [6.07, 6.45) is 1.62. The molecule has 0 unspecified atom stereocenters. The molecular weight excluding hydrogens is 573 g/mol. The standard InChI is InChI=1S/C31H33Cl2N7O2/c1-20-8-11-22(12-9-20)40-27(18-25(37-40)31(2,3)4)36-30(42)35-21-10-13-26(34-19-21)38-14-16-39(17-15-38)29(41)28-23(32)6-5-7-24(28)33/h5-13,18-19H,14-17H2,1-4H3,(H2,35,36,42). The molecule has 0 bridgehead atoms. The van der Waals surface area contributed by atoms with Crippen LogP contribution >= 0.6 is 23.2 Å². The number of aryl methyl sites for hydroxylation is 1. The van der Waals surface area contributed by atoms with Gasteiger partial charge in [0.15, 0.2) is 0 Å². The molecule has 0 spiro atoms. The molecule has 0 saturated carbocycles. The minimum atomic E-state index is -0.399. The first-order valence-electron chi connectivity index (χ1n) is 13.7. The summed E-state index contributed by atoms with van der Waals surface area (Å²) < 4.78 is 1.74. The monoisotopic (exact) mass is 605 g/mol. The second-order valence-electron chi connectivity index (χ2n) is 11.3. The Labute approximate surface area is 255 Å². The highest BCUT2D eigenvalue weighted by molar-refractivity contribution is 6.39. The van der Waals surface area contributed by atoms with E-state index in [4.69, 9.17) is 28.3 Å². The van der Waals surface area contributed by atoms with E-state index in [2.05, 4.69) is 41.3 Å². The lowest BCUT2D eigenvalue weighted by molar-refractivity contribution is 0.0747. The van der Waals surface area contributed by atoms with E-state index in [-0.39, 0.29) is 11.3 Å². The van der Waals surface area contributed by atoms with Crippen LogP contribution < -0.4 is 15.5 Å². The predicted octanol–water partition coefficient (Wildman–Crippen LogP) is 6.79. The number of hydrogen-bond acceptors (Lipinski definition) is 5. The summed E-state index contributed by atoms with van der Waals surface area (Å²) in [5.74, 6) is 1.15. The fraction of sp³-hybridized carbons (Fsp3) is 0.290. The maximum Gasteiger partial charge on any atom is 0.324 e. The normalized spacial score (nSPS) is 13.7. The van der Waals surface area contributed by atoms with Crippen LogP contribution in [0.3, 0.4) is 0 Å². The van der Waals surface area contributed by atoms with Crippen molar-refractivity contribution in [2.75, 3.05) is 41.7 Å². The third-order valence-electron chi connectivity index (χ3n) is 7.07. The number of rotatable bonds is 5. The number of piperazine rings is 1. The van der Waals surface area contributed by atoms with E-state index in [1.165, 1.54) is 0 Å². The zero-order valence-corrected chi connectivity index (χ0v) is 25.5. The molecule has 0 radical (unpaired) electrons. The van der Waals surface area contributed by atoms with Crippen LogP contribution in [0.25, 0.3) is 5.69 Å². The number of nitrogens with one attached hydrogen (secondary N) is 2. The second-order valence-corrected chi connectivity index (χ2v) is 12.1. The molecule has 1 fully saturated rings.